The van der Waals surface area contributed by atoms with Crippen LogP contribution in [0.2, 0.25) is 0 Å². The Balaban J connectivity index is 1.98. The molecule has 0 aliphatic rings. The Morgan fingerprint density at radius 1 is 1.33 bits per heavy atom. The minimum Gasteiger partial charge on any atom is -0.465 e. The van der Waals surface area contributed by atoms with E-state index < -0.39 is 0 Å². The summed E-state index contributed by atoms with van der Waals surface area (Å²) in [7, 11) is 2.15. The highest BCUT2D eigenvalue weighted by Crippen LogP contribution is 2.25. The van der Waals surface area contributed by atoms with Crippen LogP contribution in [0.5, 0.6) is 0 Å². The fourth-order valence-electron chi connectivity index (χ4n) is 2.28. The third-order valence-corrected chi connectivity index (χ3v) is 4.84. The average Bonchev–Trinajstić information content (AvgIpc) is 3.05. The molecule has 0 aliphatic heterocycles. The molecule has 0 aliphatic carbocycles. The lowest BCUT2D eigenvalue weighted by Gasteiger charge is -2.22. The number of thiophene rings is 1. The molecule has 2 heterocycles. The molecule has 1 atom stereocenters. The summed E-state index contributed by atoms with van der Waals surface area (Å²) in [5.74, 6) is 2.06. The second-order valence-electron chi connectivity index (χ2n) is 5.94. The Bertz CT molecular complexity index is 545. The van der Waals surface area contributed by atoms with Crippen molar-refractivity contribution < 1.29 is 4.42 Å². The van der Waals surface area contributed by atoms with E-state index >= 15 is 0 Å². The Labute approximate surface area is 132 Å². The van der Waals surface area contributed by atoms with Crippen molar-refractivity contribution in [3.05, 3.63) is 45.5 Å². The van der Waals surface area contributed by atoms with E-state index in [1.807, 2.05) is 18.3 Å². The van der Waals surface area contributed by atoms with Crippen molar-refractivity contribution in [2.24, 2.45) is 0 Å². The van der Waals surface area contributed by atoms with Crippen LogP contribution in [-0.4, -0.2) is 18.0 Å². The maximum Gasteiger partial charge on any atom is 0.118 e. The number of aryl methyl sites for hydroxylation is 1. The van der Waals surface area contributed by atoms with Crippen LogP contribution < -0.4 is 5.32 Å². The largest absolute Gasteiger partial charge is 0.465 e. The SMILES string of the molecule is Cc1oc(CN(C)C(C)c2cccs2)cc1CNC(C)C. The zero-order chi connectivity index (χ0) is 15.4. The van der Waals surface area contributed by atoms with Crippen molar-refractivity contribution >= 4 is 11.3 Å². The molecule has 0 spiro atoms. The van der Waals surface area contributed by atoms with Crippen LogP contribution in [-0.2, 0) is 13.1 Å². The fourth-order valence-corrected chi connectivity index (χ4v) is 3.13. The summed E-state index contributed by atoms with van der Waals surface area (Å²) >= 11 is 1.81. The van der Waals surface area contributed by atoms with Gasteiger partial charge >= 0.3 is 0 Å². The number of rotatable bonds is 7. The first-order valence-corrected chi connectivity index (χ1v) is 8.40. The zero-order valence-electron chi connectivity index (χ0n) is 13.6. The highest BCUT2D eigenvalue weighted by atomic mass is 32.1. The molecule has 0 amide bonds. The van der Waals surface area contributed by atoms with Gasteiger partial charge in [-0.3, -0.25) is 4.90 Å². The smallest absolute Gasteiger partial charge is 0.118 e. The number of hydrogen-bond acceptors (Lipinski definition) is 4. The second-order valence-corrected chi connectivity index (χ2v) is 6.92. The Morgan fingerprint density at radius 3 is 2.71 bits per heavy atom. The molecule has 1 unspecified atom stereocenters. The van der Waals surface area contributed by atoms with Gasteiger partial charge in [-0.15, -0.1) is 11.3 Å². The van der Waals surface area contributed by atoms with Gasteiger partial charge in [0.25, 0.3) is 0 Å². The van der Waals surface area contributed by atoms with Crippen LogP contribution in [0.15, 0.2) is 28.0 Å². The second kappa shape index (κ2) is 7.25. The van der Waals surface area contributed by atoms with Crippen LogP contribution in [0.3, 0.4) is 0 Å². The van der Waals surface area contributed by atoms with Crippen molar-refractivity contribution in [1.29, 1.82) is 0 Å². The minimum absolute atomic E-state index is 0.410. The lowest BCUT2D eigenvalue weighted by molar-refractivity contribution is 0.234. The lowest BCUT2D eigenvalue weighted by Crippen LogP contribution is -2.22. The van der Waals surface area contributed by atoms with E-state index in [0.717, 1.165) is 24.6 Å². The maximum atomic E-state index is 5.91. The van der Waals surface area contributed by atoms with E-state index in [0.29, 0.717) is 12.1 Å². The summed E-state index contributed by atoms with van der Waals surface area (Å²) in [5, 5.41) is 5.57. The van der Waals surface area contributed by atoms with E-state index in [4.69, 9.17) is 4.42 Å². The van der Waals surface area contributed by atoms with Gasteiger partial charge in [0.1, 0.15) is 11.5 Å². The van der Waals surface area contributed by atoms with Crippen molar-refractivity contribution in [2.75, 3.05) is 7.05 Å². The summed E-state index contributed by atoms with van der Waals surface area (Å²) < 4.78 is 5.91. The first-order valence-electron chi connectivity index (χ1n) is 7.52. The van der Waals surface area contributed by atoms with Gasteiger partial charge in [0.05, 0.1) is 6.54 Å². The van der Waals surface area contributed by atoms with Gasteiger partial charge in [0.2, 0.25) is 0 Å². The molecule has 0 fully saturated rings. The molecule has 2 aromatic heterocycles. The minimum atomic E-state index is 0.410. The average molecular weight is 306 g/mol. The van der Waals surface area contributed by atoms with Crippen molar-refractivity contribution in [3.63, 3.8) is 0 Å². The molecule has 21 heavy (non-hydrogen) atoms. The highest BCUT2D eigenvalue weighted by molar-refractivity contribution is 7.10. The summed E-state index contributed by atoms with van der Waals surface area (Å²) in [5.41, 5.74) is 1.26. The zero-order valence-corrected chi connectivity index (χ0v) is 14.5. The molecule has 2 rings (SSSR count). The Hall–Kier alpha value is -1.10. The van der Waals surface area contributed by atoms with Crippen LogP contribution in [0.25, 0.3) is 0 Å². The molecule has 0 saturated heterocycles. The van der Waals surface area contributed by atoms with Crippen LogP contribution in [0.4, 0.5) is 0 Å². The van der Waals surface area contributed by atoms with E-state index in [1.165, 1.54) is 10.4 Å². The molecule has 0 saturated carbocycles. The molecular weight excluding hydrogens is 280 g/mol. The summed E-state index contributed by atoms with van der Waals surface area (Å²) in [6.45, 7) is 10.3. The van der Waals surface area contributed by atoms with Gasteiger partial charge in [-0.05, 0) is 38.4 Å². The topological polar surface area (TPSA) is 28.4 Å². The van der Waals surface area contributed by atoms with Gasteiger partial charge in [-0.1, -0.05) is 19.9 Å². The van der Waals surface area contributed by atoms with E-state index in [2.05, 4.69) is 61.6 Å². The van der Waals surface area contributed by atoms with Gasteiger partial charge in [-0.25, -0.2) is 0 Å². The predicted molar refractivity (Wildman–Crippen MR) is 89.6 cm³/mol. The van der Waals surface area contributed by atoms with Crippen LogP contribution in [0.1, 0.15) is 48.8 Å². The normalized spacial score (nSPS) is 13.3. The molecule has 0 aromatic carbocycles. The third kappa shape index (κ3) is 4.43. The predicted octanol–water partition coefficient (Wildman–Crippen LogP) is 4.34. The van der Waals surface area contributed by atoms with E-state index in [9.17, 15) is 0 Å². The molecule has 0 radical (unpaired) electrons. The maximum absolute atomic E-state index is 5.91. The number of nitrogens with zero attached hydrogens (tertiary/aromatic N) is 1. The van der Waals surface area contributed by atoms with Crippen molar-refractivity contribution in [1.82, 2.24) is 10.2 Å². The summed E-state index contributed by atoms with van der Waals surface area (Å²) in [6, 6.07) is 7.38. The summed E-state index contributed by atoms with van der Waals surface area (Å²) in [6.07, 6.45) is 0. The van der Waals surface area contributed by atoms with Crippen LogP contribution >= 0.6 is 11.3 Å². The molecule has 3 nitrogen and oxygen atoms in total. The highest BCUT2D eigenvalue weighted by Gasteiger charge is 2.15. The van der Waals surface area contributed by atoms with Gasteiger partial charge < -0.3 is 9.73 Å². The monoisotopic (exact) mass is 306 g/mol. The van der Waals surface area contributed by atoms with Gasteiger partial charge in [0.15, 0.2) is 0 Å². The Kier molecular flexibility index (Phi) is 5.62. The van der Waals surface area contributed by atoms with Crippen LogP contribution in [0, 0.1) is 6.92 Å². The Morgan fingerprint density at radius 2 is 2.10 bits per heavy atom. The number of hydrogen-bond donors (Lipinski definition) is 1. The fraction of sp³-hybridized carbons (Fsp3) is 0.529. The molecule has 4 heteroatoms. The first kappa shape index (κ1) is 16.3. The standard InChI is InChI=1S/C17H26N2OS/c1-12(2)18-10-15-9-16(20-14(15)4)11-19(5)13(3)17-7-6-8-21-17/h6-9,12-13,18H,10-11H2,1-5H3. The molecule has 0 bridgehead atoms. The number of nitrogens with one attached hydrogen (secondary N) is 1. The third-order valence-electron chi connectivity index (χ3n) is 3.79. The molecule has 1 N–H and O–H groups in total. The molecule has 2 aromatic rings. The van der Waals surface area contributed by atoms with Crippen molar-refractivity contribution in [2.45, 2.75) is 52.9 Å². The van der Waals surface area contributed by atoms with Crippen molar-refractivity contribution in [3.8, 4) is 0 Å². The van der Waals surface area contributed by atoms with Gasteiger partial charge in [-0.2, -0.15) is 0 Å². The quantitative estimate of drug-likeness (QED) is 0.825. The van der Waals surface area contributed by atoms with E-state index in [-0.39, 0.29) is 0 Å². The molecule has 116 valence electrons. The lowest BCUT2D eigenvalue weighted by atomic mass is 10.2. The van der Waals surface area contributed by atoms with Gasteiger partial charge in [0, 0.05) is 29.1 Å². The van der Waals surface area contributed by atoms with E-state index in [1.54, 1.807) is 0 Å². The number of furan rings is 1. The first-order chi connectivity index (χ1) is 9.97. The summed E-state index contributed by atoms with van der Waals surface area (Å²) in [4.78, 5) is 3.71. The molecular formula is C17H26N2OS.